The summed E-state index contributed by atoms with van der Waals surface area (Å²) < 4.78 is 16.7. The summed E-state index contributed by atoms with van der Waals surface area (Å²) in [5, 5.41) is 0. The SMILES string of the molecule is CN(Cc1ccc2c(c1)OCCO2)C(=O)c1occc1CSc1ccccc1. The number of carbonyl (C=O) groups is 1. The fourth-order valence-corrected chi connectivity index (χ4v) is 3.92. The Hall–Kier alpha value is -2.86. The molecule has 28 heavy (non-hydrogen) atoms. The number of thioether (sulfide) groups is 1. The summed E-state index contributed by atoms with van der Waals surface area (Å²) >= 11 is 1.68. The Morgan fingerprint density at radius 2 is 1.82 bits per heavy atom. The van der Waals surface area contributed by atoms with Crippen LogP contribution in [0.1, 0.15) is 21.7 Å². The van der Waals surface area contributed by atoms with Crippen LogP contribution in [-0.2, 0) is 12.3 Å². The highest BCUT2D eigenvalue weighted by Crippen LogP contribution is 2.31. The van der Waals surface area contributed by atoms with Crippen molar-refractivity contribution in [3.63, 3.8) is 0 Å². The first-order valence-corrected chi connectivity index (χ1v) is 10.1. The molecule has 0 bridgehead atoms. The summed E-state index contributed by atoms with van der Waals surface area (Å²) in [6.45, 7) is 1.56. The minimum absolute atomic E-state index is 0.136. The molecule has 4 rings (SSSR count). The van der Waals surface area contributed by atoms with Gasteiger partial charge >= 0.3 is 0 Å². The Morgan fingerprint density at radius 3 is 2.64 bits per heavy atom. The van der Waals surface area contributed by atoms with Crippen molar-refractivity contribution in [3.05, 3.63) is 77.7 Å². The van der Waals surface area contributed by atoms with Crippen LogP contribution in [0.4, 0.5) is 0 Å². The van der Waals surface area contributed by atoms with Crippen molar-refractivity contribution in [2.45, 2.75) is 17.2 Å². The molecule has 0 N–H and O–H groups in total. The van der Waals surface area contributed by atoms with Gasteiger partial charge in [-0.1, -0.05) is 24.3 Å². The Kier molecular flexibility index (Phi) is 5.58. The molecule has 2 aromatic carbocycles. The predicted octanol–water partition coefficient (Wildman–Crippen LogP) is 4.62. The predicted molar refractivity (Wildman–Crippen MR) is 108 cm³/mol. The van der Waals surface area contributed by atoms with Gasteiger partial charge in [-0.25, -0.2) is 0 Å². The standard InChI is InChI=1S/C22H21NO4S/c1-23(14-16-7-8-19-20(13-16)26-12-11-25-19)22(24)21-17(9-10-27-21)15-28-18-5-3-2-4-6-18/h2-10,13H,11-12,14-15H2,1H3. The zero-order valence-corrected chi connectivity index (χ0v) is 16.4. The lowest BCUT2D eigenvalue weighted by Gasteiger charge is -2.21. The quantitative estimate of drug-likeness (QED) is 0.570. The van der Waals surface area contributed by atoms with Crippen LogP contribution in [0.5, 0.6) is 11.5 Å². The molecule has 0 saturated carbocycles. The zero-order chi connectivity index (χ0) is 19.3. The minimum Gasteiger partial charge on any atom is -0.486 e. The van der Waals surface area contributed by atoms with Gasteiger partial charge in [0, 0.05) is 29.8 Å². The second-order valence-electron chi connectivity index (χ2n) is 6.52. The third kappa shape index (κ3) is 4.17. The van der Waals surface area contributed by atoms with Gasteiger partial charge in [0.05, 0.1) is 6.26 Å². The summed E-state index contributed by atoms with van der Waals surface area (Å²) in [4.78, 5) is 15.7. The number of hydrogen-bond donors (Lipinski definition) is 0. The molecule has 0 radical (unpaired) electrons. The molecule has 144 valence electrons. The summed E-state index contributed by atoms with van der Waals surface area (Å²) in [6, 6.07) is 17.7. The van der Waals surface area contributed by atoms with Crippen LogP contribution in [0, 0.1) is 0 Å². The largest absolute Gasteiger partial charge is 0.486 e. The molecule has 1 aliphatic rings. The Morgan fingerprint density at radius 1 is 1.04 bits per heavy atom. The topological polar surface area (TPSA) is 51.9 Å². The van der Waals surface area contributed by atoms with Crippen LogP contribution in [0.25, 0.3) is 0 Å². The zero-order valence-electron chi connectivity index (χ0n) is 15.6. The fraction of sp³-hybridized carbons (Fsp3) is 0.227. The first-order valence-electron chi connectivity index (χ1n) is 9.09. The Balaban J connectivity index is 1.42. The van der Waals surface area contributed by atoms with Crippen LogP contribution >= 0.6 is 11.8 Å². The van der Waals surface area contributed by atoms with Gasteiger partial charge in [-0.2, -0.15) is 0 Å². The van der Waals surface area contributed by atoms with E-state index in [-0.39, 0.29) is 5.91 Å². The minimum atomic E-state index is -0.136. The van der Waals surface area contributed by atoms with E-state index in [4.69, 9.17) is 13.9 Å². The number of hydrogen-bond acceptors (Lipinski definition) is 5. The normalized spacial score (nSPS) is 12.6. The molecule has 0 aliphatic carbocycles. The molecule has 1 amide bonds. The number of fused-ring (bicyclic) bond motifs is 1. The second-order valence-corrected chi connectivity index (χ2v) is 7.56. The molecule has 3 aromatic rings. The van der Waals surface area contributed by atoms with Crippen molar-refractivity contribution >= 4 is 17.7 Å². The van der Waals surface area contributed by atoms with E-state index in [9.17, 15) is 4.79 Å². The monoisotopic (exact) mass is 395 g/mol. The molecule has 2 heterocycles. The molecule has 0 atom stereocenters. The molecule has 0 saturated heterocycles. The van der Waals surface area contributed by atoms with Gasteiger partial charge in [-0.15, -0.1) is 11.8 Å². The molecule has 0 spiro atoms. The van der Waals surface area contributed by atoms with Crippen molar-refractivity contribution in [1.29, 1.82) is 0 Å². The van der Waals surface area contributed by atoms with Crippen molar-refractivity contribution in [2.75, 3.05) is 20.3 Å². The molecule has 0 unspecified atom stereocenters. The molecule has 0 fully saturated rings. The summed E-state index contributed by atoms with van der Waals surface area (Å²) in [5.74, 6) is 2.41. The van der Waals surface area contributed by atoms with Gasteiger partial charge in [-0.3, -0.25) is 4.79 Å². The van der Waals surface area contributed by atoms with Crippen molar-refractivity contribution in [1.82, 2.24) is 4.90 Å². The molecule has 5 nitrogen and oxygen atoms in total. The summed E-state index contributed by atoms with van der Waals surface area (Å²) in [5.41, 5.74) is 1.87. The number of furan rings is 1. The summed E-state index contributed by atoms with van der Waals surface area (Å²) in [7, 11) is 1.77. The van der Waals surface area contributed by atoms with E-state index in [0.717, 1.165) is 27.5 Å². The van der Waals surface area contributed by atoms with E-state index < -0.39 is 0 Å². The van der Waals surface area contributed by atoms with E-state index in [1.807, 2.05) is 42.5 Å². The number of rotatable bonds is 6. The van der Waals surface area contributed by atoms with Crippen molar-refractivity contribution < 1.29 is 18.7 Å². The average molecular weight is 395 g/mol. The first-order chi connectivity index (χ1) is 13.7. The van der Waals surface area contributed by atoms with Gasteiger partial charge in [0.2, 0.25) is 0 Å². The molecular formula is C22H21NO4S. The fourth-order valence-electron chi connectivity index (χ4n) is 3.02. The van der Waals surface area contributed by atoms with Crippen LogP contribution in [0.2, 0.25) is 0 Å². The second kappa shape index (κ2) is 8.44. The molecule has 1 aliphatic heterocycles. The first kappa shape index (κ1) is 18.5. The van der Waals surface area contributed by atoms with E-state index in [1.165, 1.54) is 0 Å². The van der Waals surface area contributed by atoms with Crippen molar-refractivity contribution in [3.8, 4) is 11.5 Å². The maximum absolute atomic E-state index is 12.9. The van der Waals surface area contributed by atoms with Gasteiger partial charge in [-0.05, 0) is 35.9 Å². The molecule has 1 aromatic heterocycles. The maximum atomic E-state index is 12.9. The average Bonchev–Trinajstić information content (AvgIpc) is 3.21. The van der Waals surface area contributed by atoms with E-state index in [1.54, 1.807) is 30.0 Å². The van der Waals surface area contributed by atoms with Crippen molar-refractivity contribution in [2.24, 2.45) is 0 Å². The number of amides is 1. The number of nitrogens with zero attached hydrogens (tertiary/aromatic N) is 1. The Labute approximate surface area is 168 Å². The highest BCUT2D eigenvalue weighted by atomic mass is 32.2. The third-order valence-electron chi connectivity index (χ3n) is 4.45. The lowest BCUT2D eigenvalue weighted by atomic mass is 10.1. The summed E-state index contributed by atoms with van der Waals surface area (Å²) in [6.07, 6.45) is 1.58. The van der Waals surface area contributed by atoms with E-state index in [0.29, 0.717) is 31.3 Å². The number of carbonyl (C=O) groups excluding carboxylic acids is 1. The highest BCUT2D eigenvalue weighted by molar-refractivity contribution is 7.98. The lowest BCUT2D eigenvalue weighted by Crippen LogP contribution is -2.26. The molecular weight excluding hydrogens is 374 g/mol. The van der Waals surface area contributed by atoms with Gasteiger partial charge in [0.25, 0.3) is 5.91 Å². The smallest absolute Gasteiger partial charge is 0.289 e. The van der Waals surface area contributed by atoms with Crippen LogP contribution in [0.15, 0.2) is 70.2 Å². The maximum Gasteiger partial charge on any atom is 0.289 e. The number of benzene rings is 2. The van der Waals surface area contributed by atoms with E-state index >= 15 is 0 Å². The highest BCUT2D eigenvalue weighted by Gasteiger charge is 2.20. The lowest BCUT2D eigenvalue weighted by molar-refractivity contribution is 0.0752. The van der Waals surface area contributed by atoms with Gasteiger partial charge in [0.1, 0.15) is 13.2 Å². The van der Waals surface area contributed by atoms with Crippen LogP contribution < -0.4 is 9.47 Å². The van der Waals surface area contributed by atoms with Gasteiger partial charge < -0.3 is 18.8 Å². The van der Waals surface area contributed by atoms with E-state index in [2.05, 4.69) is 12.1 Å². The van der Waals surface area contributed by atoms with Crippen LogP contribution in [-0.4, -0.2) is 31.1 Å². The Bertz CT molecular complexity index is 954. The number of ether oxygens (including phenoxy) is 2. The van der Waals surface area contributed by atoms with Gasteiger partial charge in [0.15, 0.2) is 17.3 Å². The third-order valence-corrected chi connectivity index (χ3v) is 5.51. The van der Waals surface area contributed by atoms with Crippen LogP contribution in [0.3, 0.4) is 0 Å². The molecule has 6 heteroatoms.